The molecule has 2 saturated carbocycles. The Morgan fingerprint density at radius 3 is 2.94 bits per heavy atom. The van der Waals surface area contributed by atoms with E-state index in [9.17, 15) is 0 Å². The van der Waals surface area contributed by atoms with Crippen molar-refractivity contribution < 1.29 is 0 Å². The van der Waals surface area contributed by atoms with E-state index in [1.165, 1.54) is 25.7 Å². The lowest BCUT2D eigenvalue weighted by molar-refractivity contribution is 0.348. The summed E-state index contributed by atoms with van der Waals surface area (Å²) >= 11 is 3.36. The summed E-state index contributed by atoms with van der Waals surface area (Å²) in [5.74, 6) is 3.80. The molecule has 1 N–H and O–H groups in total. The third-order valence-electron chi connectivity index (χ3n) is 4.06. The Morgan fingerprint density at radius 1 is 1.31 bits per heavy atom. The summed E-state index contributed by atoms with van der Waals surface area (Å²) in [6.45, 7) is 1.07. The van der Waals surface area contributed by atoms with Crippen molar-refractivity contribution in [3.63, 3.8) is 0 Å². The van der Waals surface area contributed by atoms with E-state index in [0.29, 0.717) is 0 Å². The zero-order chi connectivity index (χ0) is 11.0. The summed E-state index contributed by atoms with van der Waals surface area (Å²) in [6.07, 6.45) is 7.40. The standard InChI is InChI=1S/C12H16BrN3/c13-11-5-12(16-7-15-11)14-6-10-4-8-1-2-9(10)3-8/h5,7-10H,1-4,6H2,(H,14,15,16). The maximum absolute atomic E-state index is 4.21. The van der Waals surface area contributed by atoms with Gasteiger partial charge in [-0.15, -0.1) is 0 Å². The van der Waals surface area contributed by atoms with Crippen molar-refractivity contribution >= 4 is 21.7 Å². The minimum absolute atomic E-state index is 0.845. The monoisotopic (exact) mass is 281 g/mol. The highest BCUT2D eigenvalue weighted by Gasteiger charge is 2.38. The number of halogens is 1. The van der Waals surface area contributed by atoms with Gasteiger partial charge in [0.2, 0.25) is 0 Å². The Bertz CT molecular complexity index is 382. The van der Waals surface area contributed by atoms with Crippen LogP contribution in [-0.2, 0) is 0 Å². The summed E-state index contributed by atoms with van der Waals surface area (Å²) in [5, 5.41) is 3.43. The van der Waals surface area contributed by atoms with Gasteiger partial charge in [-0.25, -0.2) is 9.97 Å². The summed E-state index contributed by atoms with van der Waals surface area (Å²) in [5.41, 5.74) is 0. The normalized spacial score (nSPS) is 31.9. The molecule has 2 aliphatic rings. The molecule has 0 radical (unpaired) electrons. The van der Waals surface area contributed by atoms with E-state index in [4.69, 9.17) is 0 Å². The predicted octanol–water partition coefficient (Wildman–Crippen LogP) is 3.09. The highest BCUT2D eigenvalue weighted by molar-refractivity contribution is 9.10. The van der Waals surface area contributed by atoms with Gasteiger partial charge >= 0.3 is 0 Å². The van der Waals surface area contributed by atoms with E-state index in [-0.39, 0.29) is 0 Å². The fourth-order valence-electron chi connectivity index (χ4n) is 3.29. The van der Waals surface area contributed by atoms with Gasteiger partial charge in [-0.1, -0.05) is 6.42 Å². The molecule has 3 nitrogen and oxygen atoms in total. The van der Waals surface area contributed by atoms with Gasteiger partial charge in [-0.3, -0.25) is 0 Å². The van der Waals surface area contributed by atoms with Crippen molar-refractivity contribution in [1.82, 2.24) is 9.97 Å². The zero-order valence-corrected chi connectivity index (χ0v) is 10.8. The Labute approximate surface area is 104 Å². The van der Waals surface area contributed by atoms with E-state index >= 15 is 0 Å². The molecule has 3 rings (SSSR count). The fraction of sp³-hybridized carbons (Fsp3) is 0.667. The lowest BCUT2D eigenvalue weighted by Gasteiger charge is -2.21. The second-order valence-electron chi connectivity index (χ2n) is 5.04. The van der Waals surface area contributed by atoms with E-state index in [1.807, 2.05) is 6.07 Å². The Balaban J connectivity index is 1.57. The van der Waals surface area contributed by atoms with Crippen molar-refractivity contribution in [1.29, 1.82) is 0 Å². The summed E-state index contributed by atoms with van der Waals surface area (Å²) in [6, 6.07) is 1.94. The number of aromatic nitrogens is 2. The molecule has 2 fully saturated rings. The van der Waals surface area contributed by atoms with Gasteiger partial charge in [-0.05, 0) is 52.9 Å². The van der Waals surface area contributed by atoms with Crippen LogP contribution in [0.2, 0.25) is 0 Å². The molecule has 2 aliphatic carbocycles. The maximum Gasteiger partial charge on any atom is 0.130 e. The number of fused-ring (bicyclic) bond motifs is 2. The van der Waals surface area contributed by atoms with Crippen LogP contribution in [0.1, 0.15) is 25.7 Å². The molecule has 0 spiro atoms. The molecule has 1 heterocycles. The number of nitrogens with one attached hydrogen (secondary N) is 1. The first-order valence-electron chi connectivity index (χ1n) is 6.02. The van der Waals surface area contributed by atoms with E-state index in [1.54, 1.807) is 6.33 Å². The lowest BCUT2D eigenvalue weighted by Crippen LogP contribution is -2.20. The average molecular weight is 282 g/mol. The molecule has 0 amide bonds. The topological polar surface area (TPSA) is 37.8 Å². The van der Waals surface area contributed by atoms with Gasteiger partial charge in [-0.2, -0.15) is 0 Å². The van der Waals surface area contributed by atoms with E-state index in [0.717, 1.165) is 34.7 Å². The largest absolute Gasteiger partial charge is 0.370 e. The van der Waals surface area contributed by atoms with Crippen LogP contribution < -0.4 is 5.32 Å². The molecule has 4 heteroatoms. The van der Waals surface area contributed by atoms with Crippen LogP contribution in [0.3, 0.4) is 0 Å². The first kappa shape index (κ1) is 10.5. The molecule has 0 saturated heterocycles. The van der Waals surface area contributed by atoms with Gasteiger partial charge in [0, 0.05) is 12.6 Å². The lowest BCUT2D eigenvalue weighted by atomic mass is 9.89. The number of hydrogen-bond donors (Lipinski definition) is 1. The smallest absolute Gasteiger partial charge is 0.130 e. The quantitative estimate of drug-likeness (QED) is 0.866. The molecule has 2 bridgehead atoms. The third kappa shape index (κ3) is 2.08. The molecule has 0 aromatic carbocycles. The number of rotatable bonds is 3. The SMILES string of the molecule is Brc1cc(NCC2CC3CCC2C3)ncn1. The summed E-state index contributed by atoms with van der Waals surface area (Å²) < 4.78 is 0.845. The van der Waals surface area contributed by atoms with Crippen molar-refractivity contribution in [3.05, 3.63) is 17.0 Å². The first-order chi connectivity index (χ1) is 7.81. The number of nitrogens with zero attached hydrogens (tertiary/aromatic N) is 2. The Hall–Kier alpha value is -0.640. The van der Waals surface area contributed by atoms with E-state index < -0.39 is 0 Å². The van der Waals surface area contributed by atoms with Crippen LogP contribution in [0.5, 0.6) is 0 Å². The minimum atomic E-state index is 0.845. The third-order valence-corrected chi connectivity index (χ3v) is 4.50. The molecule has 16 heavy (non-hydrogen) atoms. The van der Waals surface area contributed by atoms with Crippen molar-refractivity contribution in [2.75, 3.05) is 11.9 Å². The predicted molar refractivity (Wildman–Crippen MR) is 67.2 cm³/mol. The molecule has 3 unspecified atom stereocenters. The van der Waals surface area contributed by atoms with E-state index in [2.05, 4.69) is 31.2 Å². The Kier molecular flexibility index (Phi) is 2.84. The van der Waals surface area contributed by atoms with Crippen LogP contribution in [-0.4, -0.2) is 16.5 Å². The van der Waals surface area contributed by atoms with Gasteiger partial charge in [0.25, 0.3) is 0 Å². The van der Waals surface area contributed by atoms with Crippen LogP contribution in [0.25, 0.3) is 0 Å². The zero-order valence-electron chi connectivity index (χ0n) is 9.19. The van der Waals surface area contributed by atoms with Crippen molar-refractivity contribution in [2.24, 2.45) is 17.8 Å². The molecule has 1 aromatic heterocycles. The van der Waals surface area contributed by atoms with Crippen molar-refractivity contribution in [2.45, 2.75) is 25.7 Å². The van der Waals surface area contributed by atoms with Crippen LogP contribution in [0, 0.1) is 17.8 Å². The Morgan fingerprint density at radius 2 is 2.25 bits per heavy atom. The highest BCUT2D eigenvalue weighted by atomic mass is 79.9. The molecule has 1 aromatic rings. The van der Waals surface area contributed by atoms with Gasteiger partial charge in [0.05, 0.1) is 0 Å². The summed E-state index contributed by atoms with van der Waals surface area (Å²) in [4.78, 5) is 8.23. The highest BCUT2D eigenvalue weighted by Crippen LogP contribution is 2.48. The summed E-state index contributed by atoms with van der Waals surface area (Å²) in [7, 11) is 0. The first-order valence-corrected chi connectivity index (χ1v) is 6.82. The van der Waals surface area contributed by atoms with Crippen LogP contribution >= 0.6 is 15.9 Å². The van der Waals surface area contributed by atoms with Gasteiger partial charge in [0.15, 0.2) is 0 Å². The van der Waals surface area contributed by atoms with Gasteiger partial charge in [0.1, 0.15) is 16.7 Å². The van der Waals surface area contributed by atoms with Crippen LogP contribution in [0.15, 0.2) is 17.0 Å². The molecule has 0 aliphatic heterocycles. The molecule has 3 atom stereocenters. The van der Waals surface area contributed by atoms with Gasteiger partial charge < -0.3 is 5.32 Å². The maximum atomic E-state index is 4.21. The van der Waals surface area contributed by atoms with Crippen LogP contribution in [0.4, 0.5) is 5.82 Å². The molecular weight excluding hydrogens is 266 g/mol. The van der Waals surface area contributed by atoms with Crippen molar-refractivity contribution in [3.8, 4) is 0 Å². The minimum Gasteiger partial charge on any atom is -0.370 e. The molecule has 86 valence electrons. The second-order valence-corrected chi connectivity index (χ2v) is 5.85. The fourth-order valence-corrected chi connectivity index (χ4v) is 3.60. The average Bonchev–Trinajstić information content (AvgIpc) is 2.88. The molecular formula is C12H16BrN3. The number of hydrogen-bond acceptors (Lipinski definition) is 3. The second kappa shape index (κ2) is 4.32. The number of anilines is 1.